The van der Waals surface area contributed by atoms with Crippen LogP contribution in [0.2, 0.25) is 0 Å². The Morgan fingerprint density at radius 3 is 2.19 bits per heavy atom. The summed E-state index contributed by atoms with van der Waals surface area (Å²) in [4.78, 5) is 11.0. The molecule has 0 rings (SSSR count). The fourth-order valence-corrected chi connectivity index (χ4v) is 1.63. The predicted molar refractivity (Wildman–Crippen MR) is 64.1 cm³/mol. The van der Waals surface area contributed by atoms with Gasteiger partial charge in [-0.15, -0.1) is 0 Å². The first-order valence-corrected chi connectivity index (χ1v) is 6.53. The third-order valence-corrected chi connectivity index (χ3v) is 2.60. The number of halogens is 1. The third kappa shape index (κ3) is 8.69. The standard InChI is InChI=1S/C13H25FO2/c1-3-5-6-7-8-9-10-11-12(14)13(15)16-4-2/h12H,3-11H2,1-2H3. The number of esters is 1. The van der Waals surface area contributed by atoms with Crippen molar-refractivity contribution in [3.8, 4) is 0 Å². The van der Waals surface area contributed by atoms with E-state index in [0.29, 0.717) is 6.42 Å². The lowest BCUT2D eigenvalue weighted by molar-refractivity contribution is -0.149. The number of alkyl halides is 1. The van der Waals surface area contributed by atoms with Crippen LogP contribution in [0.25, 0.3) is 0 Å². The van der Waals surface area contributed by atoms with Gasteiger partial charge < -0.3 is 4.74 Å². The second-order valence-electron chi connectivity index (χ2n) is 4.13. The molecule has 0 aromatic heterocycles. The van der Waals surface area contributed by atoms with Gasteiger partial charge in [-0.05, 0) is 19.8 Å². The molecule has 0 saturated heterocycles. The fraction of sp³-hybridized carbons (Fsp3) is 0.923. The maximum atomic E-state index is 13.1. The number of carbonyl (C=O) groups excluding carboxylic acids is 1. The van der Waals surface area contributed by atoms with Gasteiger partial charge in [0.25, 0.3) is 0 Å². The highest BCUT2D eigenvalue weighted by Gasteiger charge is 2.17. The van der Waals surface area contributed by atoms with Crippen molar-refractivity contribution >= 4 is 5.97 Å². The maximum absolute atomic E-state index is 13.1. The zero-order valence-corrected chi connectivity index (χ0v) is 10.6. The summed E-state index contributed by atoms with van der Waals surface area (Å²) in [5, 5.41) is 0. The number of carbonyl (C=O) groups is 1. The van der Waals surface area contributed by atoms with Crippen molar-refractivity contribution in [3.63, 3.8) is 0 Å². The molecule has 16 heavy (non-hydrogen) atoms. The number of hydrogen-bond donors (Lipinski definition) is 0. The minimum Gasteiger partial charge on any atom is -0.464 e. The molecule has 0 radical (unpaired) electrons. The maximum Gasteiger partial charge on any atom is 0.340 e. The SMILES string of the molecule is CCCCCCCCCC(F)C(=O)OCC. The van der Waals surface area contributed by atoms with Crippen molar-refractivity contribution in [2.75, 3.05) is 6.61 Å². The van der Waals surface area contributed by atoms with Crippen LogP contribution in [0.4, 0.5) is 4.39 Å². The molecule has 0 bridgehead atoms. The Labute approximate surface area is 98.6 Å². The number of ether oxygens (including phenoxy) is 1. The summed E-state index contributed by atoms with van der Waals surface area (Å²) >= 11 is 0. The number of unbranched alkanes of at least 4 members (excludes halogenated alkanes) is 6. The summed E-state index contributed by atoms with van der Waals surface area (Å²) in [6, 6.07) is 0. The second kappa shape index (κ2) is 10.9. The Morgan fingerprint density at radius 2 is 1.62 bits per heavy atom. The summed E-state index contributed by atoms with van der Waals surface area (Å²) in [6.45, 7) is 4.14. The normalized spacial score (nSPS) is 12.4. The van der Waals surface area contributed by atoms with Crippen molar-refractivity contribution in [2.45, 2.75) is 71.4 Å². The summed E-state index contributed by atoms with van der Waals surface area (Å²) in [5.41, 5.74) is 0. The van der Waals surface area contributed by atoms with Crippen LogP contribution < -0.4 is 0 Å². The van der Waals surface area contributed by atoms with Gasteiger partial charge in [0.05, 0.1) is 6.61 Å². The molecule has 0 aromatic rings. The third-order valence-electron chi connectivity index (χ3n) is 2.60. The van der Waals surface area contributed by atoms with Crippen LogP contribution in [-0.4, -0.2) is 18.7 Å². The van der Waals surface area contributed by atoms with Crippen molar-refractivity contribution in [1.82, 2.24) is 0 Å². The molecule has 0 fully saturated rings. The average molecular weight is 232 g/mol. The van der Waals surface area contributed by atoms with Crippen LogP contribution in [0.3, 0.4) is 0 Å². The van der Waals surface area contributed by atoms with Gasteiger partial charge in [-0.3, -0.25) is 0 Å². The van der Waals surface area contributed by atoms with Crippen molar-refractivity contribution in [1.29, 1.82) is 0 Å². The largest absolute Gasteiger partial charge is 0.464 e. The average Bonchev–Trinajstić information content (AvgIpc) is 2.28. The Bertz CT molecular complexity index is 171. The quantitative estimate of drug-likeness (QED) is 0.420. The molecule has 0 aliphatic rings. The molecule has 1 atom stereocenters. The monoisotopic (exact) mass is 232 g/mol. The van der Waals surface area contributed by atoms with E-state index in [-0.39, 0.29) is 6.61 Å². The van der Waals surface area contributed by atoms with Gasteiger partial charge in [0.2, 0.25) is 0 Å². The Kier molecular flexibility index (Phi) is 10.5. The minimum atomic E-state index is -1.42. The molecule has 0 N–H and O–H groups in total. The molecule has 0 saturated carbocycles. The van der Waals surface area contributed by atoms with Crippen LogP contribution in [0.15, 0.2) is 0 Å². The van der Waals surface area contributed by atoms with Crippen LogP contribution >= 0.6 is 0 Å². The second-order valence-corrected chi connectivity index (χ2v) is 4.13. The zero-order valence-electron chi connectivity index (χ0n) is 10.6. The molecule has 0 amide bonds. The van der Waals surface area contributed by atoms with Gasteiger partial charge in [-0.1, -0.05) is 45.4 Å². The highest BCUT2D eigenvalue weighted by atomic mass is 19.1. The molecule has 96 valence electrons. The highest BCUT2D eigenvalue weighted by molar-refractivity contribution is 5.74. The fourth-order valence-electron chi connectivity index (χ4n) is 1.63. The van der Waals surface area contributed by atoms with Crippen molar-refractivity contribution in [3.05, 3.63) is 0 Å². The highest BCUT2D eigenvalue weighted by Crippen LogP contribution is 2.11. The Morgan fingerprint density at radius 1 is 1.06 bits per heavy atom. The van der Waals surface area contributed by atoms with Crippen LogP contribution in [0.5, 0.6) is 0 Å². The van der Waals surface area contributed by atoms with E-state index in [1.807, 2.05) is 0 Å². The lowest BCUT2D eigenvalue weighted by Gasteiger charge is -2.07. The van der Waals surface area contributed by atoms with E-state index in [9.17, 15) is 9.18 Å². The van der Waals surface area contributed by atoms with E-state index in [1.54, 1.807) is 6.92 Å². The molecule has 0 aliphatic heterocycles. The van der Waals surface area contributed by atoms with E-state index in [4.69, 9.17) is 0 Å². The van der Waals surface area contributed by atoms with Crippen LogP contribution in [0, 0.1) is 0 Å². The first-order chi connectivity index (χ1) is 7.72. The van der Waals surface area contributed by atoms with E-state index < -0.39 is 12.1 Å². The van der Waals surface area contributed by atoms with Crippen molar-refractivity contribution < 1.29 is 13.9 Å². The number of rotatable bonds is 10. The molecule has 1 unspecified atom stereocenters. The molecule has 0 aromatic carbocycles. The molecular weight excluding hydrogens is 207 g/mol. The smallest absolute Gasteiger partial charge is 0.340 e. The van der Waals surface area contributed by atoms with E-state index in [2.05, 4.69) is 11.7 Å². The van der Waals surface area contributed by atoms with E-state index >= 15 is 0 Å². The first-order valence-electron chi connectivity index (χ1n) is 6.53. The molecular formula is C13H25FO2. The topological polar surface area (TPSA) is 26.3 Å². The van der Waals surface area contributed by atoms with Gasteiger partial charge in [0.15, 0.2) is 6.17 Å². The Hall–Kier alpha value is -0.600. The summed E-state index contributed by atoms with van der Waals surface area (Å²) in [6.07, 6.45) is 6.87. The van der Waals surface area contributed by atoms with E-state index in [0.717, 1.165) is 19.3 Å². The summed E-state index contributed by atoms with van der Waals surface area (Å²) in [5.74, 6) is -0.700. The van der Waals surface area contributed by atoms with Crippen LogP contribution in [-0.2, 0) is 9.53 Å². The minimum absolute atomic E-state index is 0.260. The lowest BCUT2D eigenvalue weighted by Crippen LogP contribution is -2.18. The first kappa shape index (κ1) is 15.4. The van der Waals surface area contributed by atoms with Gasteiger partial charge in [0, 0.05) is 0 Å². The molecule has 0 heterocycles. The van der Waals surface area contributed by atoms with Crippen molar-refractivity contribution in [2.24, 2.45) is 0 Å². The van der Waals surface area contributed by atoms with Gasteiger partial charge in [0.1, 0.15) is 0 Å². The summed E-state index contributed by atoms with van der Waals surface area (Å²) < 4.78 is 17.7. The van der Waals surface area contributed by atoms with E-state index in [1.165, 1.54) is 25.7 Å². The van der Waals surface area contributed by atoms with Crippen LogP contribution in [0.1, 0.15) is 65.2 Å². The number of hydrogen-bond acceptors (Lipinski definition) is 2. The molecule has 2 nitrogen and oxygen atoms in total. The van der Waals surface area contributed by atoms with Gasteiger partial charge >= 0.3 is 5.97 Å². The molecule has 3 heteroatoms. The Balaban J connectivity index is 3.27. The molecule has 0 aliphatic carbocycles. The molecule has 0 spiro atoms. The zero-order chi connectivity index (χ0) is 12.2. The predicted octanol–water partition coefficient (Wildman–Crippen LogP) is 4.03. The lowest BCUT2D eigenvalue weighted by atomic mass is 10.1. The summed E-state index contributed by atoms with van der Waals surface area (Å²) in [7, 11) is 0. The van der Waals surface area contributed by atoms with Gasteiger partial charge in [-0.2, -0.15) is 0 Å². The van der Waals surface area contributed by atoms with Gasteiger partial charge in [-0.25, -0.2) is 9.18 Å².